The van der Waals surface area contributed by atoms with E-state index < -0.39 is 0 Å². The predicted molar refractivity (Wildman–Crippen MR) is 91.5 cm³/mol. The van der Waals surface area contributed by atoms with Gasteiger partial charge >= 0.3 is 6.03 Å². The monoisotopic (exact) mass is 323 g/mol. The molecule has 0 atom stereocenters. The lowest BCUT2D eigenvalue weighted by molar-refractivity contribution is 0.249. The maximum absolute atomic E-state index is 11.7. The third-order valence-corrected chi connectivity index (χ3v) is 3.34. The number of anilines is 1. The molecule has 0 aliphatic rings. The van der Waals surface area contributed by atoms with Crippen LogP contribution in [0.3, 0.4) is 0 Å². The van der Waals surface area contributed by atoms with Crippen molar-refractivity contribution in [1.29, 1.82) is 0 Å². The number of nitrogens with zero attached hydrogens (tertiary/aromatic N) is 3. The van der Waals surface area contributed by atoms with E-state index in [9.17, 15) is 4.79 Å². The first-order chi connectivity index (χ1) is 11.8. The molecule has 7 heteroatoms. The fraction of sp³-hybridized carbons (Fsp3) is 0.176. The molecule has 0 saturated heterocycles. The van der Waals surface area contributed by atoms with Crippen LogP contribution < -0.4 is 10.6 Å². The second kappa shape index (κ2) is 7.47. The molecule has 0 aliphatic carbocycles. The van der Waals surface area contributed by atoms with Crippen LogP contribution in [0.1, 0.15) is 6.42 Å². The Morgan fingerprint density at radius 2 is 1.92 bits per heavy atom. The van der Waals surface area contributed by atoms with Crippen LogP contribution in [-0.4, -0.2) is 39.2 Å². The van der Waals surface area contributed by atoms with Gasteiger partial charge in [-0.2, -0.15) is 0 Å². The number of pyridine rings is 1. The van der Waals surface area contributed by atoms with E-state index in [1.54, 1.807) is 18.3 Å². The number of aliphatic hydroxyl groups is 1. The number of rotatable bonds is 5. The first-order valence-corrected chi connectivity index (χ1v) is 7.61. The van der Waals surface area contributed by atoms with E-state index in [1.807, 2.05) is 30.3 Å². The van der Waals surface area contributed by atoms with Crippen LogP contribution in [0, 0.1) is 0 Å². The highest BCUT2D eigenvalue weighted by Crippen LogP contribution is 2.18. The number of aliphatic hydroxyl groups excluding tert-OH is 1. The highest BCUT2D eigenvalue weighted by Gasteiger charge is 2.07. The maximum Gasteiger partial charge on any atom is 0.320 e. The summed E-state index contributed by atoms with van der Waals surface area (Å²) in [6, 6.07) is 12.8. The largest absolute Gasteiger partial charge is 0.396 e. The molecule has 0 aliphatic heterocycles. The zero-order chi connectivity index (χ0) is 16.8. The van der Waals surface area contributed by atoms with Crippen molar-refractivity contribution in [2.24, 2.45) is 0 Å². The van der Waals surface area contributed by atoms with Crippen molar-refractivity contribution in [3.63, 3.8) is 0 Å². The van der Waals surface area contributed by atoms with Crippen LogP contribution in [0.5, 0.6) is 0 Å². The first-order valence-electron chi connectivity index (χ1n) is 7.61. The van der Waals surface area contributed by atoms with Crippen molar-refractivity contribution in [1.82, 2.24) is 20.3 Å². The van der Waals surface area contributed by atoms with Gasteiger partial charge in [0.2, 0.25) is 0 Å². The molecule has 7 nitrogen and oxygen atoms in total. The fourth-order valence-corrected chi connectivity index (χ4v) is 2.16. The highest BCUT2D eigenvalue weighted by molar-refractivity contribution is 5.89. The van der Waals surface area contributed by atoms with Gasteiger partial charge in [0, 0.05) is 18.7 Å². The van der Waals surface area contributed by atoms with E-state index in [-0.39, 0.29) is 12.6 Å². The van der Waals surface area contributed by atoms with Crippen molar-refractivity contribution < 1.29 is 9.90 Å². The van der Waals surface area contributed by atoms with E-state index >= 15 is 0 Å². The van der Waals surface area contributed by atoms with Gasteiger partial charge < -0.3 is 10.4 Å². The number of aromatic nitrogens is 3. The summed E-state index contributed by atoms with van der Waals surface area (Å²) in [5.41, 5.74) is 2.79. The van der Waals surface area contributed by atoms with Gasteiger partial charge in [-0.05, 0) is 18.6 Å². The Morgan fingerprint density at radius 1 is 1.08 bits per heavy atom. The number of carbonyl (C=O) groups excluding carboxylic acids is 1. The number of amides is 2. The zero-order valence-corrected chi connectivity index (χ0v) is 12.9. The van der Waals surface area contributed by atoms with E-state index in [0.717, 1.165) is 11.3 Å². The molecule has 3 N–H and O–H groups in total. The molecular formula is C17H17N5O2. The van der Waals surface area contributed by atoms with E-state index in [1.165, 1.54) is 0 Å². The predicted octanol–water partition coefficient (Wildman–Crippen LogP) is 2.20. The standard InChI is InChI=1S/C17H17N5O2/c23-10-4-9-18-17(24)22-15-8-7-13-16(21-15)20-14(11-19-13)12-5-2-1-3-6-12/h1-3,5-8,11,23H,4,9-10H2,(H2,18,20,21,22,24). The summed E-state index contributed by atoms with van der Waals surface area (Å²) in [6.45, 7) is 0.431. The summed E-state index contributed by atoms with van der Waals surface area (Å²) >= 11 is 0. The molecule has 0 fully saturated rings. The summed E-state index contributed by atoms with van der Waals surface area (Å²) in [4.78, 5) is 24.9. The molecule has 0 spiro atoms. The van der Waals surface area contributed by atoms with Gasteiger partial charge in [-0.1, -0.05) is 30.3 Å². The summed E-state index contributed by atoms with van der Waals surface area (Å²) in [7, 11) is 0. The van der Waals surface area contributed by atoms with Crippen LogP contribution in [-0.2, 0) is 0 Å². The normalized spacial score (nSPS) is 10.5. The average molecular weight is 323 g/mol. The fourth-order valence-electron chi connectivity index (χ4n) is 2.16. The number of nitrogens with one attached hydrogen (secondary N) is 2. The quantitative estimate of drug-likeness (QED) is 0.625. The van der Waals surface area contributed by atoms with Crippen molar-refractivity contribution >= 4 is 23.0 Å². The van der Waals surface area contributed by atoms with E-state index in [2.05, 4.69) is 25.6 Å². The molecule has 122 valence electrons. The van der Waals surface area contributed by atoms with Crippen molar-refractivity contribution in [2.45, 2.75) is 6.42 Å². The van der Waals surface area contributed by atoms with Gasteiger partial charge in [0.15, 0.2) is 5.65 Å². The SMILES string of the molecule is O=C(NCCCO)Nc1ccc2ncc(-c3ccccc3)nc2n1. The summed E-state index contributed by atoms with van der Waals surface area (Å²) in [5, 5.41) is 14.0. The Labute approximate surface area is 138 Å². The first kappa shape index (κ1) is 15.8. The van der Waals surface area contributed by atoms with E-state index in [0.29, 0.717) is 29.9 Å². The minimum absolute atomic E-state index is 0.0341. The molecule has 2 heterocycles. The smallest absolute Gasteiger partial charge is 0.320 e. The number of benzene rings is 1. The van der Waals surface area contributed by atoms with Gasteiger partial charge in [0.25, 0.3) is 0 Å². The Kier molecular flexibility index (Phi) is 4.93. The molecule has 0 unspecified atom stereocenters. The minimum Gasteiger partial charge on any atom is -0.396 e. The van der Waals surface area contributed by atoms with Crippen LogP contribution in [0.15, 0.2) is 48.7 Å². The molecule has 3 rings (SSSR count). The van der Waals surface area contributed by atoms with Crippen molar-refractivity contribution in [3.8, 4) is 11.3 Å². The van der Waals surface area contributed by atoms with E-state index in [4.69, 9.17) is 5.11 Å². The number of carbonyl (C=O) groups is 1. The van der Waals surface area contributed by atoms with Gasteiger partial charge in [0.1, 0.15) is 11.3 Å². The third-order valence-electron chi connectivity index (χ3n) is 3.34. The lowest BCUT2D eigenvalue weighted by Gasteiger charge is -2.07. The summed E-state index contributed by atoms with van der Waals surface area (Å²) in [5.74, 6) is 0.392. The molecule has 24 heavy (non-hydrogen) atoms. The molecule has 2 aromatic heterocycles. The van der Waals surface area contributed by atoms with Gasteiger partial charge in [-0.25, -0.2) is 14.8 Å². The third kappa shape index (κ3) is 3.82. The minimum atomic E-state index is -0.373. The molecule has 0 saturated carbocycles. The van der Waals surface area contributed by atoms with Crippen LogP contribution in [0.2, 0.25) is 0 Å². The molecular weight excluding hydrogens is 306 g/mol. The van der Waals surface area contributed by atoms with Crippen molar-refractivity contribution in [2.75, 3.05) is 18.5 Å². The zero-order valence-electron chi connectivity index (χ0n) is 12.9. The van der Waals surface area contributed by atoms with Crippen molar-refractivity contribution in [3.05, 3.63) is 48.7 Å². The van der Waals surface area contributed by atoms with Crippen LogP contribution in [0.25, 0.3) is 22.4 Å². The van der Waals surface area contributed by atoms with Crippen LogP contribution >= 0.6 is 0 Å². The number of fused-ring (bicyclic) bond motifs is 1. The molecule has 0 bridgehead atoms. The molecule has 0 radical (unpaired) electrons. The van der Waals surface area contributed by atoms with Gasteiger partial charge in [0.05, 0.1) is 11.9 Å². The maximum atomic E-state index is 11.7. The molecule has 3 aromatic rings. The Balaban J connectivity index is 1.80. The topological polar surface area (TPSA) is 100 Å². The lowest BCUT2D eigenvalue weighted by atomic mass is 10.2. The summed E-state index contributed by atoms with van der Waals surface area (Å²) < 4.78 is 0. The second-order valence-corrected chi connectivity index (χ2v) is 5.12. The Hall–Kier alpha value is -3.06. The lowest BCUT2D eigenvalue weighted by Crippen LogP contribution is -2.30. The van der Waals surface area contributed by atoms with Crippen LogP contribution in [0.4, 0.5) is 10.6 Å². The Morgan fingerprint density at radius 3 is 2.71 bits per heavy atom. The summed E-state index contributed by atoms with van der Waals surface area (Å²) in [6.07, 6.45) is 2.21. The average Bonchev–Trinajstić information content (AvgIpc) is 2.62. The van der Waals surface area contributed by atoms with Gasteiger partial charge in [-0.15, -0.1) is 0 Å². The van der Waals surface area contributed by atoms with Gasteiger partial charge in [-0.3, -0.25) is 10.3 Å². The molecule has 2 amide bonds. The number of hydrogen-bond acceptors (Lipinski definition) is 5. The number of urea groups is 1. The molecule has 1 aromatic carbocycles. The highest BCUT2D eigenvalue weighted by atomic mass is 16.3. The second-order valence-electron chi connectivity index (χ2n) is 5.12. The number of hydrogen-bond donors (Lipinski definition) is 3. The Bertz CT molecular complexity index is 839.